The summed E-state index contributed by atoms with van der Waals surface area (Å²) in [6.45, 7) is 1.59. The number of hydrogen-bond acceptors (Lipinski definition) is 4. The third-order valence-electron chi connectivity index (χ3n) is 3.17. The first-order chi connectivity index (χ1) is 9.47. The Hall–Kier alpha value is -1.60. The van der Waals surface area contributed by atoms with E-state index in [4.69, 9.17) is 4.74 Å². The molecule has 1 aromatic rings. The molecule has 6 nitrogen and oxygen atoms in total. The standard InChI is InChI=1S/C13H18N2O4S/c1-20(17,18)15-9-7-14(8-10-15)13(16)19-11-12-5-3-2-4-6-12/h2-6H,7-11H2,1H3. The molecule has 1 aliphatic rings. The van der Waals surface area contributed by atoms with Crippen LogP contribution in [0.4, 0.5) is 4.79 Å². The summed E-state index contributed by atoms with van der Waals surface area (Å²) in [5.74, 6) is 0. The molecule has 0 atom stereocenters. The van der Waals surface area contributed by atoms with Gasteiger partial charge in [-0.2, -0.15) is 4.31 Å². The van der Waals surface area contributed by atoms with Gasteiger partial charge in [0, 0.05) is 26.2 Å². The summed E-state index contributed by atoms with van der Waals surface area (Å²) in [5, 5.41) is 0. The second-order valence-electron chi connectivity index (χ2n) is 4.69. The van der Waals surface area contributed by atoms with Crippen molar-refractivity contribution in [3.05, 3.63) is 35.9 Å². The number of carbonyl (C=O) groups is 1. The molecule has 0 N–H and O–H groups in total. The van der Waals surface area contributed by atoms with E-state index in [1.54, 1.807) is 0 Å². The van der Waals surface area contributed by atoms with Crippen LogP contribution in [0.5, 0.6) is 0 Å². The van der Waals surface area contributed by atoms with Crippen LogP contribution in [-0.4, -0.2) is 56.2 Å². The summed E-state index contributed by atoms with van der Waals surface area (Å²) in [6, 6.07) is 9.43. The lowest BCUT2D eigenvalue weighted by Gasteiger charge is -2.32. The average molecular weight is 298 g/mol. The van der Waals surface area contributed by atoms with Crippen LogP contribution in [0.25, 0.3) is 0 Å². The molecule has 1 aliphatic heterocycles. The highest BCUT2D eigenvalue weighted by Crippen LogP contribution is 2.09. The van der Waals surface area contributed by atoms with Gasteiger partial charge in [-0.15, -0.1) is 0 Å². The van der Waals surface area contributed by atoms with Crippen LogP contribution in [0.2, 0.25) is 0 Å². The van der Waals surface area contributed by atoms with Crippen molar-refractivity contribution < 1.29 is 17.9 Å². The number of nitrogens with zero attached hydrogens (tertiary/aromatic N) is 2. The zero-order valence-electron chi connectivity index (χ0n) is 11.4. The fourth-order valence-corrected chi connectivity index (χ4v) is 2.84. The van der Waals surface area contributed by atoms with Crippen LogP contribution in [0.15, 0.2) is 30.3 Å². The maximum Gasteiger partial charge on any atom is 0.410 e. The number of hydrogen-bond donors (Lipinski definition) is 0. The summed E-state index contributed by atoms with van der Waals surface area (Å²) < 4.78 is 29.3. The summed E-state index contributed by atoms with van der Waals surface area (Å²) in [7, 11) is -3.18. The first-order valence-corrected chi connectivity index (χ1v) is 8.22. The third-order valence-corrected chi connectivity index (χ3v) is 4.47. The zero-order valence-corrected chi connectivity index (χ0v) is 12.2. The number of amides is 1. The lowest BCUT2D eigenvalue weighted by atomic mass is 10.2. The van der Waals surface area contributed by atoms with Gasteiger partial charge in [-0.3, -0.25) is 0 Å². The molecule has 1 fully saturated rings. The largest absolute Gasteiger partial charge is 0.445 e. The van der Waals surface area contributed by atoms with Crippen molar-refractivity contribution in [1.82, 2.24) is 9.21 Å². The first-order valence-electron chi connectivity index (χ1n) is 6.37. The van der Waals surface area contributed by atoms with Gasteiger partial charge in [0.15, 0.2) is 0 Å². The zero-order chi connectivity index (χ0) is 14.6. The SMILES string of the molecule is CS(=O)(=O)N1CCN(C(=O)OCc2ccccc2)CC1. The summed E-state index contributed by atoms with van der Waals surface area (Å²) in [5.41, 5.74) is 0.927. The summed E-state index contributed by atoms with van der Waals surface area (Å²) >= 11 is 0. The van der Waals surface area contributed by atoms with Crippen molar-refractivity contribution in [1.29, 1.82) is 0 Å². The smallest absolute Gasteiger partial charge is 0.410 e. The van der Waals surface area contributed by atoms with E-state index >= 15 is 0 Å². The minimum absolute atomic E-state index is 0.228. The van der Waals surface area contributed by atoms with Gasteiger partial charge in [0.05, 0.1) is 6.26 Å². The van der Waals surface area contributed by atoms with E-state index < -0.39 is 16.1 Å². The lowest BCUT2D eigenvalue weighted by Crippen LogP contribution is -2.50. The molecule has 7 heteroatoms. The number of piperazine rings is 1. The van der Waals surface area contributed by atoms with Crippen LogP contribution < -0.4 is 0 Å². The van der Waals surface area contributed by atoms with Gasteiger partial charge < -0.3 is 9.64 Å². The van der Waals surface area contributed by atoms with Crippen molar-refractivity contribution in [2.24, 2.45) is 0 Å². The van der Waals surface area contributed by atoms with Crippen molar-refractivity contribution >= 4 is 16.1 Å². The maximum absolute atomic E-state index is 11.9. The van der Waals surface area contributed by atoms with E-state index in [1.807, 2.05) is 30.3 Å². The van der Waals surface area contributed by atoms with Gasteiger partial charge in [-0.05, 0) is 5.56 Å². The molecule has 0 aromatic heterocycles. The van der Waals surface area contributed by atoms with Crippen molar-refractivity contribution in [2.45, 2.75) is 6.61 Å². The van der Waals surface area contributed by atoms with E-state index in [0.29, 0.717) is 26.2 Å². The van der Waals surface area contributed by atoms with E-state index in [2.05, 4.69) is 0 Å². The molecular weight excluding hydrogens is 280 g/mol. The third kappa shape index (κ3) is 3.94. The Kier molecular flexibility index (Phi) is 4.61. The molecule has 0 unspecified atom stereocenters. The Morgan fingerprint density at radius 2 is 1.75 bits per heavy atom. The number of rotatable bonds is 3. The molecule has 0 radical (unpaired) electrons. The molecule has 0 saturated carbocycles. The topological polar surface area (TPSA) is 66.9 Å². The number of ether oxygens (including phenoxy) is 1. The minimum atomic E-state index is -3.18. The van der Waals surface area contributed by atoms with Crippen molar-refractivity contribution in [3.8, 4) is 0 Å². The average Bonchev–Trinajstić information content (AvgIpc) is 2.45. The first kappa shape index (κ1) is 14.8. The van der Waals surface area contributed by atoms with Gasteiger partial charge >= 0.3 is 6.09 Å². The lowest BCUT2D eigenvalue weighted by molar-refractivity contribution is 0.0839. The Morgan fingerprint density at radius 1 is 1.15 bits per heavy atom. The van der Waals surface area contributed by atoms with E-state index in [0.717, 1.165) is 5.56 Å². The van der Waals surface area contributed by atoms with Crippen LogP contribution in [0.3, 0.4) is 0 Å². The summed E-state index contributed by atoms with van der Waals surface area (Å²) in [4.78, 5) is 13.4. The van der Waals surface area contributed by atoms with Gasteiger partial charge in [0.25, 0.3) is 0 Å². The molecular formula is C13H18N2O4S. The van der Waals surface area contributed by atoms with Crippen LogP contribution in [0.1, 0.15) is 5.56 Å². The Morgan fingerprint density at radius 3 is 2.30 bits per heavy atom. The molecule has 1 aromatic carbocycles. The summed E-state index contributed by atoms with van der Waals surface area (Å²) in [6.07, 6.45) is 0.776. The van der Waals surface area contributed by atoms with Crippen molar-refractivity contribution in [2.75, 3.05) is 32.4 Å². The maximum atomic E-state index is 11.9. The van der Waals surface area contributed by atoms with Gasteiger partial charge in [0.1, 0.15) is 6.61 Å². The van der Waals surface area contributed by atoms with Gasteiger partial charge in [0.2, 0.25) is 10.0 Å². The van der Waals surface area contributed by atoms with E-state index in [1.165, 1.54) is 15.5 Å². The molecule has 0 bridgehead atoms. The molecule has 1 saturated heterocycles. The van der Waals surface area contributed by atoms with Crippen molar-refractivity contribution in [3.63, 3.8) is 0 Å². The number of sulfonamides is 1. The molecule has 110 valence electrons. The second kappa shape index (κ2) is 6.23. The predicted molar refractivity (Wildman–Crippen MR) is 74.6 cm³/mol. The normalized spacial score (nSPS) is 16.9. The minimum Gasteiger partial charge on any atom is -0.445 e. The van der Waals surface area contributed by atoms with Gasteiger partial charge in [-0.25, -0.2) is 13.2 Å². The fraction of sp³-hybridized carbons (Fsp3) is 0.462. The Labute approximate surface area is 119 Å². The van der Waals surface area contributed by atoms with E-state index in [-0.39, 0.29) is 6.61 Å². The molecule has 0 spiro atoms. The van der Waals surface area contributed by atoms with E-state index in [9.17, 15) is 13.2 Å². The molecule has 20 heavy (non-hydrogen) atoms. The van der Waals surface area contributed by atoms with Crippen LogP contribution >= 0.6 is 0 Å². The number of carbonyl (C=O) groups excluding carboxylic acids is 1. The van der Waals surface area contributed by atoms with Gasteiger partial charge in [-0.1, -0.05) is 30.3 Å². The Bertz CT molecular complexity index is 551. The highest BCUT2D eigenvalue weighted by molar-refractivity contribution is 7.88. The second-order valence-corrected chi connectivity index (χ2v) is 6.67. The molecule has 0 aliphatic carbocycles. The highest BCUT2D eigenvalue weighted by Gasteiger charge is 2.26. The Balaban J connectivity index is 1.80. The predicted octanol–water partition coefficient (Wildman–Crippen LogP) is 0.900. The monoisotopic (exact) mass is 298 g/mol. The van der Waals surface area contributed by atoms with Crippen LogP contribution in [-0.2, 0) is 21.4 Å². The highest BCUT2D eigenvalue weighted by atomic mass is 32.2. The molecule has 1 amide bonds. The fourth-order valence-electron chi connectivity index (χ4n) is 2.01. The molecule has 2 rings (SSSR count). The number of benzene rings is 1. The molecule has 1 heterocycles. The quantitative estimate of drug-likeness (QED) is 0.831. The van der Waals surface area contributed by atoms with Crippen LogP contribution in [0, 0.1) is 0 Å².